The van der Waals surface area contributed by atoms with Gasteiger partial charge in [-0.3, -0.25) is 4.90 Å². The Hall–Kier alpha value is -1.68. The largest absolute Gasteiger partial charge is 0.395 e. The molecule has 21 heavy (non-hydrogen) atoms. The van der Waals surface area contributed by atoms with Crippen molar-refractivity contribution in [1.29, 1.82) is 0 Å². The smallest absolute Gasteiger partial charge is 0.0558 e. The molecule has 0 aromatic heterocycles. The minimum atomic E-state index is -0.0114. The van der Waals surface area contributed by atoms with Gasteiger partial charge in [0, 0.05) is 19.1 Å². The quantitative estimate of drug-likeness (QED) is 0.821. The minimum Gasteiger partial charge on any atom is -0.395 e. The zero-order chi connectivity index (χ0) is 15.1. The Morgan fingerprint density at radius 2 is 1.57 bits per heavy atom. The Balaban J connectivity index is 2.25. The van der Waals surface area contributed by atoms with Crippen LogP contribution in [0.4, 0.5) is 0 Å². The summed E-state index contributed by atoms with van der Waals surface area (Å²) in [6, 6.07) is 20.7. The summed E-state index contributed by atoms with van der Waals surface area (Å²) >= 11 is 0. The lowest BCUT2D eigenvalue weighted by Gasteiger charge is -2.34. The molecule has 0 aliphatic rings. The molecule has 0 saturated carbocycles. The molecule has 0 aliphatic heterocycles. The second-order valence-electron chi connectivity index (χ2n) is 5.39. The zero-order valence-corrected chi connectivity index (χ0v) is 12.5. The van der Waals surface area contributed by atoms with E-state index in [9.17, 15) is 5.11 Å². The van der Waals surface area contributed by atoms with Crippen LogP contribution in [-0.4, -0.2) is 29.2 Å². The van der Waals surface area contributed by atoms with Crippen molar-refractivity contribution in [3.05, 3.63) is 71.8 Å². The van der Waals surface area contributed by atoms with Gasteiger partial charge in [-0.25, -0.2) is 0 Å². The van der Waals surface area contributed by atoms with Crippen LogP contribution in [0.2, 0.25) is 0 Å². The fourth-order valence-corrected chi connectivity index (χ4v) is 2.76. The highest BCUT2D eigenvalue weighted by molar-refractivity contribution is 5.22. The number of nitrogens with zero attached hydrogens (tertiary/aromatic N) is 1. The number of rotatable bonds is 7. The molecular weight excluding hydrogens is 260 g/mol. The van der Waals surface area contributed by atoms with Gasteiger partial charge in [-0.05, 0) is 18.1 Å². The highest BCUT2D eigenvalue weighted by Gasteiger charge is 2.23. The third-order valence-electron chi connectivity index (χ3n) is 3.65. The summed E-state index contributed by atoms with van der Waals surface area (Å²) < 4.78 is 0. The summed E-state index contributed by atoms with van der Waals surface area (Å²) in [6.07, 6.45) is 0. The van der Waals surface area contributed by atoms with Crippen LogP contribution in [-0.2, 0) is 6.54 Å². The second-order valence-corrected chi connectivity index (χ2v) is 5.39. The van der Waals surface area contributed by atoms with Crippen molar-refractivity contribution in [3.8, 4) is 0 Å². The molecule has 0 spiro atoms. The van der Waals surface area contributed by atoms with Crippen LogP contribution in [0.1, 0.15) is 24.1 Å². The molecule has 0 heterocycles. The van der Waals surface area contributed by atoms with Gasteiger partial charge in [-0.15, -0.1) is 0 Å². The van der Waals surface area contributed by atoms with Crippen LogP contribution >= 0.6 is 0 Å². The lowest BCUT2D eigenvalue weighted by molar-refractivity contribution is 0.130. The predicted molar refractivity (Wildman–Crippen MR) is 86.8 cm³/mol. The molecule has 0 saturated heterocycles. The maximum Gasteiger partial charge on any atom is 0.0558 e. The normalized spacial score (nSPS) is 14.1. The number of hydrogen-bond acceptors (Lipinski definition) is 3. The Morgan fingerprint density at radius 3 is 2.10 bits per heavy atom. The molecule has 112 valence electrons. The summed E-state index contributed by atoms with van der Waals surface area (Å²) in [7, 11) is 0. The first-order valence-electron chi connectivity index (χ1n) is 7.41. The van der Waals surface area contributed by atoms with E-state index in [1.54, 1.807) is 0 Å². The third-order valence-corrected chi connectivity index (χ3v) is 3.65. The SMILES string of the molecule is CC(N)C(c1ccccc1)N(CCO)Cc1ccccc1. The molecule has 3 nitrogen and oxygen atoms in total. The molecule has 0 radical (unpaired) electrons. The van der Waals surface area contributed by atoms with Crippen molar-refractivity contribution in [3.63, 3.8) is 0 Å². The molecule has 0 fully saturated rings. The molecule has 3 N–H and O–H groups in total. The number of hydrogen-bond donors (Lipinski definition) is 2. The second kappa shape index (κ2) is 7.93. The number of benzene rings is 2. The van der Waals surface area contributed by atoms with Crippen molar-refractivity contribution in [2.75, 3.05) is 13.2 Å². The summed E-state index contributed by atoms with van der Waals surface area (Å²) in [5.41, 5.74) is 8.65. The van der Waals surface area contributed by atoms with E-state index in [0.717, 1.165) is 6.54 Å². The minimum absolute atomic E-state index is 0.0114. The van der Waals surface area contributed by atoms with E-state index < -0.39 is 0 Å². The maximum absolute atomic E-state index is 9.41. The summed E-state index contributed by atoms with van der Waals surface area (Å²) in [6.45, 7) is 3.54. The standard InChI is InChI=1S/C18H24N2O/c1-15(19)18(17-10-6-3-7-11-17)20(12-13-21)14-16-8-4-2-5-9-16/h2-11,15,18,21H,12-14,19H2,1H3. The monoisotopic (exact) mass is 284 g/mol. The van der Waals surface area contributed by atoms with Gasteiger partial charge < -0.3 is 10.8 Å². The number of aliphatic hydroxyl groups excluding tert-OH is 1. The molecule has 0 amide bonds. The maximum atomic E-state index is 9.41. The van der Waals surface area contributed by atoms with E-state index in [2.05, 4.69) is 29.2 Å². The molecule has 2 aromatic rings. The molecule has 2 atom stereocenters. The predicted octanol–water partition coefficient (Wildman–Crippen LogP) is 2.57. The number of aliphatic hydroxyl groups is 1. The molecule has 2 rings (SSSR count). The summed E-state index contributed by atoms with van der Waals surface area (Å²) in [5.74, 6) is 0. The molecule has 3 heteroatoms. The number of nitrogens with two attached hydrogens (primary N) is 1. The van der Waals surface area contributed by atoms with Crippen LogP contribution in [0, 0.1) is 0 Å². The van der Waals surface area contributed by atoms with E-state index >= 15 is 0 Å². The van der Waals surface area contributed by atoms with Crippen molar-refractivity contribution < 1.29 is 5.11 Å². The van der Waals surface area contributed by atoms with Crippen LogP contribution in [0.25, 0.3) is 0 Å². The van der Waals surface area contributed by atoms with Crippen molar-refractivity contribution in [1.82, 2.24) is 4.90 Å². The summed E-state index contributed by atoms with van der Waals surface area (Å²) in [4.78, 5) is 2.25. The van der Waals surface area contributed by atoms with E-state index in [1.165, 1.54) is 11.1 Å². The fraction of sp³-hybridized carbons (Fsp3) is 0.333. The van der Waals surface area contributed by atoms with E-state index in [0.29, 0.717) is 6.54 Å². The lowest BCUT2D eigenvalue weighted by atomic mass is 9.98. The van der Waals surface area contributed by atoms with Gasteiger partial charge in [0.15, 0.2) is 0 Å². The fourth-order valence-electron chi connectivity index (χ4n) is 2.76. The lowest BCUT2D eigenvalue weighted by Crippen LogP contribution is -2.40. The average Bonchev–Trinajstić information content (AvgIpc) is 2.49. The molecule has 2 aromatic carbocycles. The van der Waals surface area contributed by atoms with Crippen LogP contribution in [0.15, 0.2) is 60.7 Å². The molecule has 2 unspecified atom stereocenters. The van der Waals surface area contributed by atoms with E-state index in [4.69, 9.17) is 5.73 Å². The van der Waals surface area contributed by atoms with Gasteiger partial charge in [0.2, 0.25) is 0 Å². The highest BCUT2D eigenvalue weighted by atomic mass is 16.3. The first kappa shape index (κ1) is 15.7. The van der Waals surface area contributed by atoms with Crippen molar-refractivity contribution in [2.24, 2.45) is 5.73 Å². The van der Waals surface area contributed by atoms with Gasteiger partial charge >= 0.3 is 0 Å². The zero-order valence-electron chi connectivity index (χ0n) is 12.5. The van der Waals surface area contributed by atoms with E-state index in [-0.39, 0.29) is 18.7 Å². The van der Waals surface area contributed by atoms with E-state index in [1.807, 2.05) is 43.3 Å². The third kappa shape index (κ3) is 4.39. The molecule has 0 bridgehead atoms. The van der Waals surface area contributed by atoms with Crippen molar-refractivity contribution >= 4 is 0 Å². The van der Waals surface area contributed by atoms with Crippen LogP contribution < -0.4 is 5.73 Å². The van der Waals surface area contributed by atoms with Gasteiger partial charge in [0.25, 0.3) is 0 Å². The topological polar surface area (TPSA) is 49.5 Å². The molecular formula is C18H24N2O. The highest BCUT2D eigenvalue weighted by Crippen LogP contribution is 2.25. The molecule has 0 aliphatic carbocycles. The van der Waals surface area contributed by atoms with Gasteiger partial charge in [0.05, 0.1) is 12.6 Å². The Morgan fingerprint density at radius 1 is 1.00 bits per heavy atom. The first-order chi connectivity index (χ1) is 10.2. The average molecular weight is 284 g/mol. The van der Waals surface area contributed by atoms with Crippen LogP contribution in [0.5, 0.6) is 0 Å². The van der Waals surface area contributed by atoms with Gasteiger partial charge in [-0.2, -0.15) is 0 Å². The Kier molecular flexibility index (Phi) is 5.93. The van der Waals surface area contributed by atoms with Gasteiger partial charge in [-0.1, -0.05) is 60.7 Å². The Labute approximate surface area is 127 Å². The summed E-state index contributed by atoms with van der Waals surface area (Å²) in [5, 5.41) is 9.41. The van der Waals surface area contributed by atoms with Crippen LogP contribution in [0.3, 0.4) is 0 Å². The van der Waals surface area contributed by atoms with Crippen molar-refractivity contribution in [2.45, 2.75) is 25.6 Å². The Bertz CT molecular complexity index is 513. The van der Waals surface area contributed by atoms with Gasteiger partial charge in [0.1, 0.15) is 0 Å². The first-order valence-corrected chi connectivity index (χ1v) is 7.41.